The van der Waals surface area contributed by atoms with Crippen LogP contribution in [-0.2, 0) is 4.79 Å². The van der Waals surface area contributed by atoms with Crippen molar-refractivity contribution < 1.29 is 9.90 Å². The summed E-state index contributed by atoms with van der Waals surface area (Å²) in [4.78, 5) is 15.4. The summed E-state index contributed by atoms with van der Waals surface area (Å²) in [6, 6.07) is 8.17. The number of nitrogens with zero attached hydrogens (tertiary/aromatic N) is 2. The van der Waals surface area contributed by atoms with Gasteiger partial charge in [0.25, 0.3) is 0 Å². The third-order valence-corrected chi connectivity index (χ3v) is 4.47. The molecule has 1 N–H and O–H groups in total. The Balaban J connectivity index is 2.52. The molecular formula is C15H20N2O2S. The van der Waals surface area contributed by atoms with Crippen LogP contribution in [0, 0.1) is 5.41 Å². The lowest BCUT2D eigenvalue weighted by atomic mass is 9.88. The summed E-state index contributed by atoms with van der Waals surface area (Å²) in [6.45, 7) is 8.69. The van der Waals surface area contributed by atoms with E-state index in [0.29, 0.717) is 0 Å². The van der Waals surface area contributed by atoms with Gasteiger partial charge in [-0.05, 0) is 24.5 Å². The van der Waals surface area contributed by atoms with Gasteiger partial charge < -0.3 is 9.67 Å². The molecule has 5 heteroatoms. The zero-order valence-corrected chi connectivity index (χ0v) is 13.1. The number of imidazole rings is 1. The van der Waals surface area contributed by atoms with Crippen molar-refractivity contribution in [2.45, 2.75) is 38.9 Å². The number of para-hydroxylation sites is 2. The van der Waals surface area contributed by atoms with Crippen LogP contribution in [0.4, 0.5) is 0 Å². The normalized spacial score (nSPS) is 13.6. The number of fused-ring (bicyclic) bond motifs is 1. The fourth-order valence-corrected chi connectivity index (χ4v) is 2.82. The first-order valence-corrected chi connectivity index (χ1v) is 7.61. The van der Waals surface area contributed by atoms with Gasteiger partial charge in [-0.25, -0.2) is 4.98 Å². The van der Waals surface area contributed by atoms with Crippen LogP contribution >= 0.6 is 11.8 Å². The average Bonchev–Trinajstić information content (AvgIpc) is 2.72. The van der Waals surface area contributed by atoms with Gasteiger partial charge in [-0.15, -0.1) is 0 Å². The molecule has 0 aliphatic rings. The number of aliphatic carboxylic acids is 1. The summed E-state index contributed by atoms with van der Waals surface area (Å²) in [5.74, 6) is -0.794. The molecule has 1 aromatic heterocycles. The molecule has 1 heterocycles. The first-order valence-electron chi connectivity index (χ1n) is 6.62. The lowest BCUT2D eigenvalue weighted by Gasteiger charge is -2.30. The third kappa shape index (κ3) is 2.98. The van der Waals surface area contributed by atoms with Crippen LogP contribution in [0.15, 0.2) is 29.4 Å². The third-order valence-electron chi connectivity index (χ3n) is 3.53. The number of hydrogen-bond acceptors (Lipinski definition) is 3. The second-order valence-corrected chi connectivity index (χ2v) is 6.92. The Kier molecular flexibility index (Phi) is 4.09. The van der Waals surface area contributed by atoms with Crippen LogP contribution in [0.25, 0.3) is 11.0 Å². The van der Waals surface area contributed by atoms with Crippen LogP contribution in [0.1, 0.15) is 33.7 Å². The van der Waals surface area contributed by atoms with Crippen molar-refractivity contribution in [2.24, 2.45) is 5.41 Å². The largest absolute Gasteiger partial charge is 0.481 e. The van der Waals surface area contributed by atoms with Crippen molar-refractivity contribution in [1.82, 2.24) is 9.55 Å². The monoisotopic (exact) mass is 292 g/mol. The van der Waals surface area contributed by atoms with Gasteiger partial charge in [0.15, 0.2) is 5.16 Å². The van der Waals surface area contributed by atoms with E-state index in [0.717, 1.165) is 16.2 Å². The van der Waals surface area contributed by atoms with Gasteiger partial charge in [0.05, 0.1) is 16.8 Å². The molecule has 0 radical (unpaired) electrons. The lowest BCUT2D eigenvalue weighted by Crippen LogP contribution is -2.22. The van der Waals surface area contributed by atoms with E-state index in [1.54, 1.807) is 0 Å². The maximum atomic E-state index is 10.8. The van der Waals surface area contributed by atoms with Crippen LogP contribution in [0.5, 0.6) is 0 Å². The molecule has 0 aliphatic heterocycles. The minimum Gasteiger partial charge on any atom is -0.481 e. The van der Waals surface area contributed by atoms with Crippen molar-refractivity contribution in [3.63, 3.8) is 0 Å². The molecular weight excluding hydrogens is 272 g/mol. The molecule has 0 amide bonds. The number of carbonyl (C=O) groups is 1. The summed E-state index contributed by atoms with van der Waals surface area (Å²) < 4.78 is 2.16. The lowest BCUT2D eigenvalue weighted by molar-refractivity contribution is -0.133. The van der Waals surface area contributed by atoms with E-state index in [4.69, 9.17) is 5.11 Å². The molecule has 0 saturated heterocycles. The molecule has 2 rings (SSSR count). The van der Waals surface area contributed by atoms with E-state index in [-0.39, 0.29) is 17.2 Å². The van der Waals surface area contributed by atoms with Crippen LogP contribution in [-0.4, -0.2) is 26.4 Å². The zero-order chi connectivity index (χ0) is 14.9. The Morgan fingerprint density at radius 1 is 1.40 bits per heavy atom. The first-order chi connectivity index (χ1) is 9.30. The Hall–Kier alpha value is -1.49. The highest BCUT2D eigenvalue weighted by Crippen LogP contribution is 2.36. The van der Waals surface area contributed by atoms with Crippen LogP contribution in [0.2, 0.25) is 0 Å². The van der Waals surface area contributed by atoms with E-state index >= 15 is 0 Å². The summed E-state index contributed by atoms with van der Waals surface area (Å²) in [5.41, 5.74) is 2.04. The summed E-state index contributed by atoms with van der Waals surface area (Å²) in [7, 11) is 0. The minimum atomic E-state index is -0.822. The predicted molar refractivity (Wildman–Crippen MR) is 82.3 cm³/mol. The second-order valence-electron chi connectivity index (χ2n) is 5.98. The molecule has 2 aromatic rings. The Bertz CT molecular complexity index is 628. The van der Waals surface area contributed by atoms with Crippen LogP contribution < -0.4 is 0 Å². The molecule has 0 saturated carbocycles. The minimum absolute atomic E-state index is 0.0280. The van der Waals surface area contributed by atoms with Crippen molar-refractivity contribution in [1.29, 1.82) is 0 Å². The molecule has 0 fully saturated rings. The SMILES string of the molecule is CC(n1c(SCC(=O)O)nc2ccccc21)C(C)(C)C. The standard InChI is InChI=1S/C15H20N2O2S/c1-10(15(2,3)4)17-12-8-6-5-7-11(12)16-14(17)20-9-13(18)19/h5-8,10H,9H2,1-4H3,(H,18,19). The molecule has 108 valence electrons. The molecule has 1 atom stereocenters. The molecule has 1 aromatic carbocycles. The number of carboxylic acid groups (broad SMARTS) is 1. The van der Waals surface area contributed by atoms with Gasteiger partial charge >= 0.3 is 5.97 Å². The molecule has 20 heavy (non-hydrogen) atoms. The van der Waals surface area contributed by atoms with Crippen molar-refractivity contribution in [2.75, 3.05) is 5.75 Å². The molecule has 1 unspecified atom stereocenters. The maximum absolute atomic E-state index is 10.8. The van der Waals surface area contributed by atoms with Crippen molar-refractivity contribution >= 4 is 28.8 Å². The van der Waals surface area contributed by atoms with Gasteiger partial charge in [0.1, 0.15) is 0 Å². The Morgan fingerprint density at radius 3 is 2.65 bits per heavy atom. The van der Waals surface area contributed by atoms with E-state index < -0.39 is 5.97 Å². The number of carboxylic acids is 1. The number of hydrogen-bond donors (Lipinski definition) is 1. The van der Waals surface area contributed by atoms with Gasteiger partial charge in [-0.1, -0.05) is 44.7 Å². The fraction of sp³-hybridized carbons (Fsp3) is 0.467. The highest BCUT2D eigenvalue weighted by atomic mass is 32.2. The smallest absolute Gasteiger partial charge is 0.313 e. The summed E-state index contributed by atoms with van der Waals surface area (Å²) in [5, 5.41) is 9.66. The second kappa shape index (κ2) is 5.48. The topological polar surface area (TPSA) is 55.1 Å². The number of benzene rings is 1. The fourth-order valence-electron chi connectivity index (χ4n) is 2.01. The molecule has 4 nitrogen and oxygen atoms in total. The van der Waals surface area contributed by atoms with Crippen molar-refractivity contribution in [3.05, 3.63) is 24.3 Å². The maximum Gasteiger partial charge on any atom is 0.313 e. The number of rotatable bonds is 4. The predicted octanol–water partition coefficient (Wildman–Crippen LogP) is 3.82. The quantitative estimate of drug-likeness (QED) is 0.870. The molecule has 0 bridgehead atoms. The number of aromatic nitrogens is 2. The highest BCUT2D eigenvalue weighted by Gasteiger charge is 2.26. The molecule has 0 spiro atoms. The van der Waals surface area contributed by atoms with Gasteiger partial charge in [-0.2, -0.15) is 0 Å². The average molecular weight is 292 g/mol. The zero-order valence-electron chi connectivity index (χ0n) is 12.3. The van der Waals surface area contributed by atoms with Crippen LogP contribution in [0.3, 0.4) is 0 Å². The van der Waals surface area contributed by atoms with E-state index in [1.807, 2.05) is 24.3 Å². The van der Waals surface area contributed by atoms with Gasteiger partial charge in [0.2, 0.25) is 0 Å². The van der Waals surface area contributed by atoms with Crippen molar-refractivity contribution in [3.8, 4) is 0 Å². The van der Waals surface area contributed by atoms with E-state index in [2.05, 4.69) is 37.2 Å². The van der Waals surface area contributed by atoms with E-state index in [1.165, 1.54) is 11.8 Å². The highest BCUT2D eigenvalue weighted by molar-refractivity contribution is 7.99. The Labute approximate surface area is 123 Å². The number of thioether (sulfide) groups is 1. The molecule has 0 aliphatic carbocycles. The first kappa shape index (κ1) is 14.9. The van der Waals surface area contributed by atoms with Gasteiger partial charge in [-0.3, -0.25) is 4.79 Å². The van der Waals surface area contributed by atoms with Gasteiger partial charge in [0, 0.05) is 6.04 Å². The summed E-state index contributed by atoms with van der Waals surface area (Å²) >= 11 is 1.28. The van der Waals surface area contributed by atoms with E-state index in [9.17, 15) is 4.79 Å². The summed E-state index contributed by atoms with van der Waals surface area (Å²) in [6.07, 6.45) is 0. The Morgan fingerprint density at radius 2 is 2.05 bits per heavy atom.